The molecule has 2 heteroatoms. The van der Waals surface area contributed by atoms with Crippen molar-refractivity contribution in [2.75, 3.05) is 6.61 Å². The van der Waals surface area contributed by atoms with Crippen LogP contribution < -0.4 is 4.74 Å². The molecule has 5 aliphatic rings. The summed E-state index contributed by atoms with van der Waals surface area (Å²) in [7, 11) is 0. The third-order valence-electron chi connectivity index (χ3n) is 7.01. The van der Waals surface area contributed by atoms with E-state index in [1.165, 1.54) is 56.9 Å². The molecular formula is C21H27FO. The number of hydrogen-bond donors (Lipinski definition) is 0. The molecular weight excluding hydrogens is 287 g/mol. The van der Waals surface area contributed by atoms with Gasteiger partial charge in [-0.2, -0.15) is 0 Å². The minimum absolute atomic E-state index is 0.116. The highest BCUT2D eigenvalue weighted by atomic mass is 19.1. The van der Waals surface area contributed by atoms with E-state index in [9.17, 15) is 4.39 Å². The number of rotatable bonds is 4. The summed E-state index contributed by atoms with van der Waals surface area (Å²) in [5.74, 6) is 4.18. The molecule has 0 aromatic heterocycles. The van der Waals surface area contributed by atoms with Gasteiger partial charge in [-0.3, -0.25) is 0 Å². The van der Waals surface area contributed by atoms with Crippen LogP contribution in [0.25, 0.3) is 0 Å². The summed E-state index contributed by atoms with van der Waals surface area (Å²) in [5.41, 5.74) is 2.42. The average Bonchev–Trinajstić information content (AvgIpc) is 3.31. The van der Waals surface area contributed by atoms with E-state index in [1.54, 1.807) is 6.07 Å². The maximum absolute atomic E-state index is 14.0. The second-order valence-corrected chi connectivity index (χ2v) is 9.12. The van der Waals surface area contributed by atoms with Gasteiger partial charge in [0.25, 0.3) is 0 Å². The second-order valence-electron chi connectivity index (χ2n) is 9.12. The smallest absolute Gasteiger partial charge is 0.129 e. The highest BCUT2D eigenvalue weighted by Crippen LogP contribution is 2.60. The van der Waals surface area contributed by atoms with Crippen molar-refractivity contribution < 1.29 is 9.13 Å². The van der Waals surface area contributed by atoms with Crippen molar-refractivity contribution in [3.05, 3.63) is 29.1 Å². The first kappa shape index (κ1) is 14.3. The largest absolute Gasteiger partial charge is 0.493 e. The Morgan fingerprint density at radius 3 is 2.22 bits per heavy atom. The maximum atomic E-state index is 14.0. The number of benzene rings is 1. The van der Waals surface area contributed by atoms with Gasteiger partial charge < -0.3 is 4.74 Å². The van der Waals surface area contributed by atoms with Crippen LogP contribution in [0.4, 0.5) is 4.39 Å². The summed E-state index contributed by atoms with van der Waals surface area (Å²) in [4.78, 5) is 0. The quantitative estimate of drug-likeness (QED) is 0.702. The molecule has 0 unspecified atom stereocenters. The van der Waals surface area contributed by atoms with Gasteiger partial charge in [0.1, 0.15) is 11.6 Å². The lowest BCUT2D eigenvalue weighted by Gasteiger charge is -2.56. The molecule has 0 N–H and O–H groups in total. The van der Waals surface area contributed by atoms with Gasteiger partial charge in [0.2, 0.25) is 0 Å². The fraction of sp³-hybridized carbons (Fsp3) is 0.714. The second kappa shape index (κ2) is 4.97. The lowest BCUT2D eigenvalue weighted by molar-refractivity contribution is -0.0746. The molecule has 0 atom stereocenters. The predicted molar refractivity (Wildman–Crippen MR) is 89.2 cm³/mol. The summed E-state index contributed by atoms with van der Waals surface area (Å²) in [6.07, 6.45) is 10.9. The predicted octanol–water partition coefficient (Wildman–Crippen LogP) is 5.61. The lowest BCUT2D eigenvalue weighted by atomic mass is 9.50. The van der Waals surface area contributed by atoms with Crippen LogP contribution in [0.5, 0.6) is 5.75 Å². The summed E-state index contributed by atoms with van der Waals surface area (Å²) in [6, 6.07) is 3.69. The number of aryl methyl sites for hydroxylation is 1. The van der Waals surface area contributed by atoms with Gasteiger partial charge in [-0.25, -0.2) is 4.39 Å². The molecule has 23 heavy (non-hydrogen) atoms. The molecule has 0 aliphatic heterocycles. The molecule has 5 fully saturated rings. The minimum Gasteiger partial charge on any atom is -0.493 e. The van der Waals surface area contributed by atoms with Crippen LogP contribution in [0.3, 0.4) is 0 Å². The highest BCUT2D eigenvalue weighted by Gasteiger charge is 2.51. The van der Waals surface area contributed by atoms with Crippen molar-refractivity contribution in [1.82, 2.24) is 0 Å². The Balaban J connectivity index is 1.37. The van der Waals surface area contributed by atoms with E-state index in [0.29, 0.717) is 11.3 Å². The molecule has 1 nitrogen and oxygen atoms in total. The Bertz CT molecular complexity index is 596. The van der Waals surface area contributed by atoms with Gasteiger partial charge in [-0.1, -0.05) is 0 Å². The molecule has 0 radical (unpaired) electrons. The Kier molecular flexibility index (Phi) is 3.09. The van der Waals surface area contributed by atoms with E-state index in [-0.39, 0.29) is 5.82 Å². The van der Waals surface area contributed by atoms with Crippen LogP contribution in [0.1, 0.15) is 68.4 Å². The SMILES string of the molecule is Cc1cc(C2CC2)c(OCC23CC4CC(CC(C4)C2)C3)cc1F. The van der Waals surface area contributed by atoms with Crippen molar-refractivity contribution in [2.45, 2.75) is 64.2 Å². The number of halogens is 1. The van der Waals surface area contributed by atoms with Crippen molar-refractivity contribution in [1.29, 1.82) is 0 Å². The molecule has 4 bridgehead atoms. The van der Waals surface area contributed by atoms with Gasteiger partial charge >= 0.3 is 0 Å². The van der Waals surface area contributed by atoms with Gasteiger partial charge in [0.15, 0.2) is 0 Å². The van der Waals surface area contributed by atoms with Crippen molar-refractivity contribution >= 4 is 0 Å². The Hall–Kier alpha value is -1.05. The third-order valence-corrected chi connectivity index (χ3v) is 7.01. The van der Waals surface area contributed by atoms with Crippen LogP contribution in [-0.2, 0) is 0 Å². The van der Waals surface area contributed by atoms with Gasteiger partial charge in [0.05, 0.1) is 6.61 Å². The molecule has 5 aliphatic carbocycles. The zero-order chi connectivity index (χ0) is 15.6. The van der Waals surface area contributed by atoms with Gasteiger partial charge in [-0.05, 0) is 99.2 Å². The first-order chi connectivity index (χ1) is 11.1. The first-order valence-corrected chi connectivity index (χ1v) is 9.53. The van der Waals surface area contributed by atoms with E-state index >= 15 is 0 Å². The maximum Gasteiger partial charge on any atom is 0.129 e. The Morgan fingerprint density at radius 1 is 1.04 bits per heavy atom. The van der Waals surface area contributed by atoms with Crippen molar-refractivity contribution in [2.24, 2.45) is 23.2 Å². The van der Waals surface area contributed by atoms with E-state index in [2.05, 4.69) is 0 Å². The molecule has 0 heterocycles. The van der Waals surface area contributed by atoms with Crippen molar-refractivity contribution in [3.63, 3.8) is 0 Å². The van der Waals surface area contributed by atoms with Crippen LogP contribution >= 0.6 is 0 Å². The third kappa shape index (κ3) is 2.49. The lowest BCUT2D eigenvalue weighted by Crippen LogP contribution is -2.48. The number of hydrogen-bond acceptors (Lipinski definition) is 1. The molecule has 124 valence electrons. The molecule has 1 aromatic carbocycles. The zero-order valence-corrected chi connectivity index (χ0v) is 14.1. The van der Waals surface area contributed by atoms with Crippen LogP contribution in [-0.4, -0.2) is 6.61 Å². The van der Waals surface area contributed by atoms with Crippen LogP contribution in [0, 0.1) is 35.9 Å². The van der Waals surface area contributed by atoms with E-state index in [4.69, 9.17) is 4.74 Å². The molecule has 5 saturated carbocycles. The summed E-state index contributed by atoms with van der Waals surface area (Å²) < 4.78 is 20.4. The van der Waals surface area contributed by atoms with Crippen LogP contribution in [0.2, 0.25) is 0 Å². The summed E-state index contributed by atoms with van der Waals surface area (Å²) >= 11 is 0. The normalized spacial score (nSPS) is 38.1. The molecule has 1 aromatic rings. The fourth-order valence-corrected chi connectivity index (χ4v) is 6.22. The summed E-state index contributed by atoms with van der Waals surface area (Å²) in [6.45, 7) is 2.68. The number of ether oxygens (including phenoxy) is 1. The van der Waals surface area contributed by atoms with Gasteiger partial charge in [-0.15, -0.1) is 0 Å². The van der Waals surface area contributed by atoms with E-state index < -0.39 is 0 Å². The van der Waals surface area contributed by atoms with E-state index in [0.717, 1.165) is 35.7 Å². The van der Waals surface area contributed by atoms with E-state index in [1.807, 2.05) is 13.0 Å². The van der Waals surface area contributed by atoms with Crippen LogP contribution in [0.15, 0.2) is 12.1 Å². The van der Waals surface area contributed by atoms with Crippen molar-refractivity contribution in [3.8, 4) is 5.75 Å². The Labute approximate surface area is 138 Å². The fourth-order valence-electron chi connectivity index (χ4n) is 6.22. The van der Waals surface area contributed by atoms with Gasteiger partial charge in [0, 0.05) is 11.5 Å². The monoisotopic (exact) mass is 314 g/mol. The minimum atomic E-state index is -0.116. The molecule has 0 spiro atoms. The standard InChI is InChI=1S/C21H27FO/c1-13-4-18(17-2-3-17)20(8-19(13)22)23-12-21-9-14-5-15(10-21)7-16(6-14)11-21/h4,8,14-17H,2-3,5-7,9-12H2,1H3. The zero-order valence-electron chi connectivity index (χ0n) is 14.1. The Morgan fingerprint density at radius 2 is 1.65 bits per heavy atom. The molecule has 6 rings (SSSR count). The first-order valence-electron chi connectivity index (χ1n) is 9.53. The molecule has 0 saturated heterocycles. The topological polar surface area (TPSA) is 9.23 Å². The highest BCUT2D eigenvalue weighted by molar-refractivity contribution is 5.42. The molecule has 0 amide bonds. The summed E-state index contributed by atoms with van der Waals surface area (Å²) in [5, 5.41) is 0. The average molecular weight is 314 g/mol.